The van der Waals surface area contributed by atoms with Gasteiger partial charge in [-0.05, 0) is 60.2 Å². The molecule has 0 aliphatic carbocycles. The predicted molar refractivity (Wildman–Crippen MR) is 96.2 cm³/mol. The first-order valence-corrected chi connectivity index (χ1v) is 8.72. The van der Waals surface area contributed by atoms with Crippen LogP contribution in [0.1, 0.15) is 11.3 Å². The van der Waals surface area contributed by atoms with E-state index in [0.29, 0.717) is 11.4 Å². The Kier molecular flexibility index (Phi) is 4.18. The molecule has 0 fully saturated rings. The molecule has 130 valence electrons. The molecule has 0 aliphatic rings. The van der Waals surface area contributed by atoms with Crippen molar-refractivity contribution >= 4 is 11.3 Å². The van der Waals surface area contributed by atoms with Gasteiger partial charge in [-0.15, -0.1) is 16.4 Å². The van der Waals surface area contributed by atoms with Crippen LogP contribution in [-0.4, -0.2) is 25.2 Å². The van der Waals surface area contributed by atoms with Crippen molar-refractivity contribution in [3.05, 3.63) is 65.2 Å². The summed E-state index contributed by atoms with van der Waals surface area (Å²) in [5, 5.41) is 14.1. The molecular weight excluding hydrogens is 353 g/mol. The van der Waals surface area contributed by atoms with Crippen LogP contribution in [0.5, 0.6) is 11.5 Å². The second-order valence-electron chi connectivity index (χ2n) is 5.77. The van der Waals surface area contributed by atoms with Gasteiger partial charge in [-0.25, -0.2) is 9.37 Å². The molecule has 0 bridgehead atoms. The van der Waals surface area contributed by atoms with Crippen LogP contribution in [0.3, 0.4) is 0 Å². The van der Waals surface area contributed by atoms with Gasteiger partial charge in [0.25, 0.3) is 0 Å². The maximum absolute atomic E-state index is 14.1. The molecule has 0 amide bonds. The van der Waals surface area contributed by atoms with Crippen LogP contribution < -0.4 is 4.74 Å². The van der Waals surface area contributed by atoms with Gasteiger partial charge in [0.1, 0.15) is 17.0 Å². The maximum atomic E-state index is 14.1. The van der Waals surface area contributed by atoms with E-state index in [9.17, 15) is 4.39 Å². The Hall–Kier alpha value is -3.13. The fourth-order valence-corrected chi connectivity index (χ4v) is 3.28. The second-order valence-corrected chi connectivity index (χ2v) is 6.62. The van der Waals surface area contributed by atoms with E-state index in [1.807, 2.05) is 31.4 Å². The Labute approximate surface area is 152 Å². The number of hydrogen-bond donors (Lipinski definition) is 0. The van der Waals surface area contributed by atoms with Crippen molar-refractivity contribution in [2.75, 3.05) is 0 Å². The Morgan fingerprint density at radius 3 is 2.69 bits per heavy atom. The van der Waals surface area contributed by atoms with Gasteiger partial charge in [0.2, 0.25) is 0 Å². The predicted octanol–water partition coefficient (Wildman–Crippen LogP) is 4.33. The molecule has 0 atom stereocenters. The highest BCUT2D eigenvalue weighted by molar-refractivity contribution is 7.13. The third-order valence-corrected chi connectivity index (χ3v) is 4.74. The van der Waals surface area contributed by atoms with Crippen LogP contribution in [0.2, 0.25) is 0 Å². The van der Waals surface area contributed by atoms with Crippen LogP contribution in [0.4, 0.5) is 4.39 Å². The van der Waals surface area contributed by atoms with Crippen molar-refractivity contribution in [3.63, 3.8) is 0 Å². The van der Waals surface area contributed by atoms with E-state index in [4.69, 9.17) is 4.74 Å². The van der Waals surface area contributed by atoms with Crippen molar-refractivity contribution in [3.8, 4) is 27.8 Å². The van der Waals surface area contributed by atoms with E-state index in [0.717, 1.165) is 21.8 Å². The van der Waals surface area contributed by atoms with E-state index in [2.05, 4.69) is 20.5 Å². The van der Waals surface area contributed by atoms with E-state index < -0.39 is 5.82 Å². The Morgan fingerprint density at radius 1 is 1.08 bits per heavy atom. The van der Waals surface area contributed by atoms with Crippen molar-refractivity contribution in [2.45, 2.75) is 13.8 Å². The molecule has 0 unspecified atom stereocenters. The van der Waals surface area contributed by atoms with E-state index in [-0.39, 0.29) is 5.75 Å². The second kappa shape index (κ2) is 6.64. The Morgan fingerprint density at radius 2 is 1.96 bits per heavy atom. The summed E-state index contributed by atoms with van der Waals surface area (Å²) in [4.78, 5) is 4.50. The highest BCUT2D eigenvalue weighted by atomic mass is 32.1. The van der Waals surface area contributed by atoms with E-state index in [1.54, 1.807) is 29.5 Å². The SMILES string of the molecule is Cc1ccc(F)c(Oc2ccc(-c3nc(C)cs3)cc2-n2cnnn2)c1. The summed E-state index contributed by atoms with van der Waals surface area (Å²) in [6.07, 6.45) is 1.46. The number of rotatable bonds is 4. The van der Waals surface area contributed by atoms with Crippen LogP contribution >= 0.6 is 11.3 Å². The molecule has 8 heteroatoms. The number of nitrogens with zero attached hydrogens (tertiary/aromatic N) is 5. The average molecular weight is 367 g/mol. The Bertz CT molecular complexity index is 1060. The molecule has 0 saturated heterocycles. The molecule has 4 aromatic rings. The standard InChI is InChI=1S/C18H14FN5OS/c1-11-3-5-14(19)17(7-11)25-16-6-4-13(18-21-12(2)9-26-18)8-15(16)24-10-20-22-23-24/h3-10H,1-2H3. The molecule has 4 rings (SSSR count). The third-order valence-electron chi connectivity index (χ3n) is 3.73. The molecule has 2 aromatic heterocycles. The van der Waals surface area contributed by atoms with Gasteiger partial charge in [-0.2, -0.15) is 4.68 Å². The minimum absolute atomic E-state index is 0.150. The minimum atomic E-state index is -0.433. The molecule has 0 spiro atoms. The van der Waals surface area contributed by atoms with Gasteiger partial charge < -0.3 is 4.74 Å². The number of tetrazole rings is 1. The van der Waals surface area contributed by atoms with Crippen molar-refractivity contribution in [1.82, 2.24) is 25.2 Å². The zero-order chi connectivity index (χ0) is 18.1. The summed E-state index contributed by atoms with van der Waals surface area (Å²) >= 11 is 1.55. The molecule has 0 radical (unpaired) electrons. The summed E-state index contributed by atoms with van der Waals surface area (Å²) in [5.74, 6) is 0.161. The summed E-state index contributed by atoms with van der Waals surface area (Å²) < 4.78 is 21.4. The highest BCUT2D eigenvalue weighted by Gasteiger charge is 2.14. The number of benzene rings is 2. The van der Waals surface area contributed by atoms with Crippen molar-refractivity contribution in [1.29, 1.82) is 0 Å². The van der Waals surface area contributed by atoms with E-state index >= 15 is 0 Å². The number of aryl methyl sites for hydroxylation is 2. The first-order valence-electron chi connectivity index (χ1n) is 7.84. The summed E-state index contributed by atoms with van der Waals surface area (Å²) in [6, 6.07) is 10.3. The van der Waals surface area contributed by atoms with E-state index in [1.165, 1.54) is 17.1 Å². The van der Waals surface area contributed by atoms with Crippen LogP contribution in [0.15, 0.2) is 48.1 Å². The zero-order valence-electron chi connectivity index (χ0n) is 14.0. The molecule has 0 saturated carbocycles. The topological polar surface area (TPSA) is 65.7 Å². The number of aromatic nitrogens is 5. The van der Waals surface area contributed by atoms with Crippen LogP contribution in [0.25, 0.3) is 16.3 Å². The summed E-state index contributed by atoms with van der Waals surface area (Å²) in [5.41, 5.74) is 3.36. The number of thiazole rings is 1. The summed E-state index contributed by atoms with van der Waals surface area (Å²) in [6.45, 7) is 3.82. The Balaban J connectivity index is 1.80. The molecule has 6 nitrogen and oxygen atoms in total. The van der Waals surface area contributed by atoms with Gasteiger partial charge in [0, 0.05) is 16.6 Å². The minimum Gasteiger partial charge on any atom is -0.452 e. The molecule has 2 heterocycles. The maximum Gasteiger partial charge on any atom is 0.165 e. The van der Waals surface area contributed by atoms with Crippen LogP contribution in [-0.2, 0) is 0 Å². The summed E-state index contributed by atoms with van der Waals surface area (Å²) in [7, 11) is 0. The average Bonchev–Trinajstić information content (AvgIpc) is 3.30. The lowest BCUT2D eigenvalue weighted by molar-refractivity contribution is 0.438. The van der Waals surface area contributed by atoms with Gasteiger partial charge in [-0.3, -0.25) is 0 Å². The quantitative estimate of drug-likeness (QED) is 0.537. The number of ether oxygens (including phenoxy) is 1. The number of halogens is 1. The first kappa shape index (κ1) is 16.3. The zero-order valence-corrected chi connectivity index (χ0v) is 14.9. The molecule has 0 aliphatic heterocycles. The molecule has 0 N–H and O–H groups in total. The van der Waals surface area contributed by atoms with Gasteiger partial charge >= 0.3 is 0 Å². The fourth-order valence-electron chi connectivity index (χ4n) is 2.48. The molecule has 2 aromatic carbocycles. The number of hydrogen-bond acceptors (Lipinski definition) is 6. The van der Waals surface area contributed by atoms with Crippen molar-refractivity contribution < 1.29 is 9.13 Å². The first-order chi connectivity index (χ1) is 12.6. The van der Waals surface area contributed by atoms with Gasteiger partial charge in [-0.1, -0.05) is 6.07 Å². The lowest BCUT2D eigenvalue weighted by atomic mass is 10.2. The smallest absolute Gasteiger partial charge is 0.165 e. The lowest BCUT2D eigenvalue weighted by Crippen LogP contribution is -2.00. The monoisotopic (exact) mass is 367 g/mol. The third kappa shape index (κ3) is 3.18. The fraction of sp³-hybridized carbons (Fsp3) is 0.111. The van der Waals surface area contributed by atoms with Gasteiger partial charge in [0.15, 0.2) is 17.3 Å². The van der Waals surface area contributed by atoms with Crippen LogP contribution in [0, 0.1) is 19.7 Å². The highest BCUT2D eigenvalue weighted by Crippen LogP contribution is 2.34. The lowest BCUT2D eigenvalue weighted by Gasteiger charge is -2.12. The normalized spacial score (nSPS) is 10.9. The molecule has 26 heavy (non-hydrogen) atoms. The van der Waals surface area contributed by atoms with Gasteiger partial charge in [0.05, 0.1) is 0 Å². The largest absolute Gasteiger partial charge is 0.452 e. The van der Waals surface area contributed by atoms with Crippen molar-refractivity contribution in [2.24, 2.45) is 0 Å². The molecular formula is C18H14FN5OS.